The van der Waals surface area contributed by atoms with E-state index in [1.54, 1.807) is 18.3 Å². The first-order chi connectivity index (χ1) is 13.5. The highest BCUT2D eigenvalue weighted by Crippen LogP contribution is 2.49. The Morgan fingerprint density at radius 1 is 1.04 bits per heavy atom. The van der Waals surface area contributed by atoms with Crippen LogP contribution < -0.4 is 9.47 Å². The van der Waals surface area contributed by atoms with Gasteiger partial charge in [0.15, 0.2) is 5.76 Å². The lowest BCUT2D eigenvalue weighted by atomic mass is 9.83. The fourth-order valence-electron chi connectivity index (χ4n) is 4.01. The number of rotatable bonds is 1. The number of ether oxygens (including phenoxy) is 2. The molecule has 0 radical (unpaired) electrons. The third-order valence-corrected chi connectivity index (χ3v) is 5.27. The van der Waals surface area contributed by atoms with Crippen LogP contribution >= 0.6 is 0 Å². The molecule has 3 heterocycles. The van der Waals surface area contributed by atoms with Crippen LogP contribution in [0.25, 0.3) is 10.9 Å². The Labute approximate surface area is 161 Å². The van der Waals surface area contributed by atoms with Crippen molar-refractivity contribution in [2.45, 2.75) is 26.2 Å². The molecule has 5 nitrogen and oxygen atoms in total. The molecule has 0 fully saturated rings. The molecule has 0 spiro atoms. The highest BCUT2D eigenvalue weighted by molar-refractivity contribution is 6.13. The minimum Gasteiger partial charge on any atom is -0.452 e. The van der Waals surface area contributed by atoms with Gasteiger partial charge in [-0.3, -0.25) is 14.6 Å². The first-order valence-electron chi connectivity index (χ1n) is 9.16. The van der Waals surface area contributed by atoms with E-state index in [1.165, 1.54) is 0 Å². The van der Waals surface area contributed by atoms with Crippen molar-refractivity contribution in [3.05, 3.63) is 76.7 Å². The molecule has 2 aliphatic heterocycles. The van der Waals surface area contributed by atoms with Gasteiger partial charge in [0, 0.05) is 23.1 Å². The van der Waals surface area contributed by atoms with Crippen LogP contribution in [0.3, 0.4) is 0 Å². The zero-order chi connectivity index (χ0) is 19.4. The Morgan fingerprint density at radius 2 is 1.86 bits per heavy atom. The van der Waals surface area contributed by atoms with Gasteiger partial charge in [0.05, 0.1) is 17.5 Å². The molecule has 28 heavy (non-hydrogen) atoms. The summed E-state index contributed by atoms with van der Waals surface area (Å²) in [6, 6.07) is 13.1. The Balaban J connectivity index is 1.77. The normalized spacial score (nSPS) is 17.8. The molecule has 0 aliphatic carbocycles. The summed E-state index contributed by atoms with van der Waals surface area (Å²) in [7, 11) is 0. The maximum atomic E-state index is 12.7. The number of hydrogen-bond acceptors (Lipinski definition) is 5. The Hall–Kier alpha value is -3.47. The molecule has 0 saturated heterocycles. The number of Topliss-reactive ketones (excluding diaryl/α,β-unsaturated/α-hetero) is 1. The predicted molar refractivity (Wildman–Crippen MR) is 104 cm³/mol. The van der Waals surface area contributed by atoms with E-state index in [-0.39, 0.29) is 24.1 Å². The lowest BCUT2D eigenvalue weighted by Gasteiger charge is -2.27. The molecule has 2 aliphatic rings. The van der Waals surface area contributed by atoms with E-state index >= 15 is 0 Å². The van der Waals surface area contributed by atoms with Crippen molar-refractivity contribution in [3.63, 3.8) is 0 Å². The van der Waals surface area contributed by atoms with E-state index < -0.39 is 0 Å². The third-order valence-electron chi connectivity index (χ3n) is 5.27. The molecule has 0 bridgehead atoms. The lowest BCUT2D eigenvalue weighted by molar-refractivity contribution is -0.135. The summed E-state index contributed by atoms with van der Waals surface area (Å²) in [5.41, 5.74) is 3.90. The van der Waals surface area contributed by atoms with Crippen molar-refractivity contribution in [3.8, 4) is 11.5 Å². The van der Waals surface area contributed by atoms with Crippen LogP contribution in [0.4, 0.5) is 0 Å². The van der Waals surface area contributed by atoms with Gasteiger partial charge < -0.3 is 9.47 Å². The zero-order valence-corrected chi connectivity index (χ0v) is 15.5. The summed E-state index contributed by atoms with van der Waals surface area (Å²) in [6.07, 6.45) is 1.92. The number of carbonyl (C=O) groups is 2. The first-order valence-corrected chi connectivity index (χ1v) is 9.16. The number of fused-ring (bicyclic) bond motifs is 4. The quantitative estimate of drug-likeness (QED) is 0.357. The van der Waals surface area contributed by atoms with Crippen molar-refractivity contribution < 1.29 is 19.1 Å². The van der Waals surface area contributed by atoms with E-state index in [4.69, 9.17) is 9.47 Å². The van der Waals surface area contributed by atoms with Crippen molar-refractivity contribution in [2.75, 3.05) is 0 Å². The summed E-state index contributed by atoms with van der Waals surface area (Å²) in [6.45, 7) is 3.69. The van der Waals surface area contributed by atoms with Gasteiger partial charge in [-0.1, -0.05) is 18.2 Å². The largest absolute Gasteiger partial charge is 0.452 e. The second-order valence-electron chi connectivity index (χ2n) is 7.26. The van der Waals surface area contributed by atoms with Crippen LogP contribution in [0.1, 0.15) is 47.7 Å². The summed E-state index contributed by atoms with van der Waals surface area (Å²) in [5.74, 6) is 0.584. The number of para-hydroxylation sites is 1. The van der Waals surface area contributed by atoms with Gasteiger partial charge in [0.1, 0.15) is 11.5 Å². The molecule has 0 amide bonds. The molecule has 1 atom stereocenters. The molecule has 1 aromatic heterocycles. The number of nitrogens with zero attached hydrogens (tertiary/aromatic N) is 1. The van der Waals surface area contributed by atoms with Crippen LogP contribution in [-0.2, 0) is 4.79 Å². The predicted octanol–water partition coefficient (Wildman–Crippen LogP) is 4.54. The zero-order valence-electron chi connectivity index (χ0n) is 15.5. The van der Waals surface area contributed by atoms with Crippen molar-refractivity contribution >= 4 is 22.7 Å². The molecule has 2 aromatic carbocycles. The van der Waals surface area contributed by atoms with Gasteiger partial charge >= 0.3 is 5.97 Å². The molecular formula is C23H17NO4. The number of carbonyl (C=O) groups excluding carboxylic acids is 2. The molecule has 138 valence electrons. The smallest absolute Gasteiger partial charge is 0.312 e. The summed E-state index contributed by atoms with van der Waals surface area (Å²) in [5, 5.41) is 0.972. The maximum absolute atomic E-state index is 12.7. The molecule has 0 saturated carbocycles. The maximum Gasteiger partial charge on any atom is 0.312 e. The van der Waals surface area contributed by atoms with Crippen LogP contribution in [0, 0.1) is 0 Å². The Bertz CT molecular complexity index is 1200. The first kappa shape index (κ1) is 16.7. The van der Waals surface area contributed by atoms with E-state index in [1.807, 2.05) is 44.2 Å². The van der Waals surface area contributed by atoms with Crippen LogP contribution in [0.2, 0.25) is 0 Å². The minimum atomic E-state index is -0.301. The fourth-order valence-corrected chi connectivity index (χ4v) is 4.01. The SMILES string of the molecule is CC(C)=C1Oc2c(ccc3c2C(c2ccnc4ccccc24)CC(=O)O3)C1=O. The number of pyridine rings is 1. The van der Waals surface area contributed by atoms with E-state index in [0.29, 0.717) is 22.8 Å². The molecule has 5 heteroatoms. The summed E-state index contributed by atoms with van der Waals surface area (Å²) >= 11 is 0. The van der Waals surface area contributed by atoms with Gasteiger partial charge in [0.25, 0.3) is 0 Å². The number of aromatic nitrogens is 1. The number of benzene rings is 2. The summed E-state index contributed by atoms with van der Waals surface area (Å²) in [4.78, 5) is 29.5. The number of hydrogen-bond donors (Lipinski definition) is 0. The number of esters is 1. The molecular weight excluding hydrogens is 354 g/mol. The Kier molecular flexibility index (Phi) is 3.59. The van der Waals surface area contributed by atoms with Crippen molar-refractivity contribution in [2.24, 2.45) is 0 Å². The monoisotopic (exact) mass is 371 g/mol. The molecule has 0 N–H and O–H groups in total. The van der Waals surface area contributed by atoms with Gasteiger partial charge in [-0.15, -0.1) is 0 Å². The highest BCUT2D eigenvalue weighted by atomic mass is 16.5. The van der Waals surface area contributed by atoms with Crippen molar-refractivity contribution in [1.29, 1.82) is 0 Å². The second-order valence-corrected chi connectivity index (χ2v) is 7.26. The van der Waals surface area contributed by atoms with Crippen molar-refractivity contribution in [1.82, 2.24) is 4.98 Å². The van der Waals surface area contributed by atoms with Gasteiger partial charge in [-0.2, -0.15) is 0 Å². The molecule has 1 unspecified atom stereocenters. The Morgan fingerprint density at radius 3 is 2.68 bits per heavy atom. The van der Waals surface area contributed by atoms with E-state index in [0.717, 1.165) is 27.6 Å². The number of ketones is 1. The van der Waals surface area contributed by atoms with Crippen LogP contribution in [-0.4, -0.2) is 16.7 Å². The van der Waals surface area contributed by atoms with Gasteiger partial charge in [0.2, 0.25) is 5.78 Å². The lowest BCUT2D eigenvalue weighted by Crippen LogP contribution is -2.21. The average molecular weight is 371 g/mol. The topological polar surface area (TPSA) is 65.5 Å². The fraction of sp³-hybridized carbons (Fsp3) is 0.174. The van der Waals surface area contributed by atoms with Gasteiger partial charge in [-0.05, 0) is 49.2 Å². The van der Waals surface area contributed by atoms with Crippen LogP contribution in [0.5, 0.6) is 11.5 Å². The molecule has 3 aromatic rings. The second kappa shape index (κ2) is 6.02. The molecule has 5 rings (SSSR count). The third kappa shape index (κ3) is 2.36. The minimum absolute atomic E-state index is 0.131. The summed E-state index contributed by atoms with van der Waals surface area (Å²) < 4.78 is 11.5. The highest BCUT2D eigenvalue weighted by Gasteiger charge is 2.39. The standard InChI is InChI=1S/C23H17NO4/c1-12(2)22-21(26)15-7-8-18-20(23(15)28-22)16(11-19(25)27-18)13-9-10-24-17-6-4-3-5-14(13)17/h3-10,16H,11H2,1-2H3. The van der Waals surface area contributed by atoms with E-state index in [2.05, 4.69) is 4.98 Å². The van der Waals surface area contributed by atoms with Crippen LogP contribution in [0.15, 0.2) is 60.0 Å². The number of allylic oxidation sites excluding steroid dienone is 2. The van der Waals surface area contributed by atoms with E-state index in [9.17, 15) is 9.59 Å². The van der Waals surface area contributed by atoms with Gasteiger partial charge in [-0.25, -0.2) is 0 Å². The average Bonchev–Trinajstić information content (AvgIpc) is 3.03.